The van der Waals surface area contributed by atoms with Gasteiger partial charge in [-0.3, -0.25) is 4.79 Å². The zero-order valence-corrected chi connectivity index (χ0v) is 11.9. The molecule has 0 spiro atoms. The van der Waals surface area contributed by atoms with Gasteiger partial charge in [0.25, 0.3) is 0 Å². The molecule has 0 amide bonds. The van der Waals surface area contributed by atoms with Crippen LogP contribution in [-0.4, -0.2) is 17.9 Å². The Morgan fingerprint density at radius 2 is 2.22 bits per heavy atom. The average Bonchev–Trinajstić information content (AvgIpc) is 2.74. The maximum Gasteiger partial charge on any atom is 0.303 e. The molecule has 0 atom stereocenters. The first kappa shape index (κ1) is 13.2. The Balaban J connectivity index is 2.43. The topological polar surface area (TPSA) is 55.8 Å². The summed E-state index contributed by atoms with van der Waals surface area (Å²) in [7, 11) is 0. The van der Waals surface area contributed by atoms with Crippen molar-refractivity contribution < 1.29 is 19.4 Å². The van der Waals surface area contributed by atoms with Crippen LogP contribution in [0.4, 0.5) is 0 Å². The van der Waals surface area contributed by atoms with Crippen LogP contribution in [0.15, 0.2) is 10.5 Å². The lowest BCUT2D eigenvalue weighted by Crippen LogP contribution is -2.03. The van der Waals surface area contributed by atoms with Gasteiger partial charge in [0, 0.05) is 6.42 Å². The van der Waals surface area contributed by atoms with Gasteiger partial charge in [0.05, 0.1) is 4.47 Å². The minimum Gasteiger partial charge on any atom is -0.481 e. The molecule has 4 nitrogen and oxygen atoms in total. The summed E-state index contributed by atoms with van der Waals surface area (Å²) in [5.41, 5.74) is 2.10. The summed E-state index contributed by atoms with van der Waals surface area (Å²) >= 11 is 3.54. The molecule has 98 valence electrons. The molecular formula is C13H15BrO4. The van der Waals surface area contributed by atoms with Crippen LogP contribution in [0.3, 0.4) is 0 Å². The molecule has 0 unspecified atom stereocenters. The van der Waals surface area contributed by atoms with Gasteiger partial charge in [-0.1, -0.05) is 13.8 Å². The molecule has 1 aliphatic heterocycles. The number of aryl methyl sites for hydroxylation is 1. The van der Waals surface area contributed by atoms with Crippen LogP contribution >= 0.6 is 15.9 Å². The Hall–Kier alpha value is -1.23. The summed E-state index contributed by atoms with van der Waals surface area (Å²) in [6.07, 6.45) is 0.615. The second kappa shape index (κ2) is 5.18. The quantitative estimate of drug-likeness (QED) is 0.926. The predicted molar refractivity (Wildman–Crippen MR) is 70.3 cm³/mol. The number of rotatable bonds is 4. The number of ether oxygens (including phenoxy) is 2. The molecule has 0 radical (unpaired) electrons. The van der Waals surface area contributed by atoms with Crippen LogP contribution in [0.5, 0.6) is 11.5 Å². The zero-order chi connectivity index (χ0) is 13.3. The maximum atomic E-state index is 10.7. The van der Waals surface area contributed by atoms with Crippen molar-refractivity contribution in [2.24, 2.45) is 0 Å². The summed E-state index contributed by atoms with van der Waals surface area (Å²) < 4.78 is 11.7. The van der Waals surface area contributed by atoms with E-state index in [2.05, 4.69) is 29.8 Å². The van der Waals surface area contributed by atoms with Gasteiger partial charge in [0.1, 0.15) is 0 Å². The minimum absolute atomic E-state index is 0.117. The number of carboxylic acid groups (broad SMARTS) is 1. The number of halogens is 1. The molecule has 0 aromatic heterocycles. The van der Waals surface area contributed by atoms with Gasteiger partial charge >= 0.3 is 5.97 Å². The fourth-order valence-corrected chi connectivity index (χ4v) is 3.16. The Morgan fingerprint density at radius 3 is 2.83 bits per heavy atom. The molecule has 1 aliphatic rings. The zero-order valence-electron chi connectivity index (χ0n) is 10.3. The standard InChI is InChI=1S/C13H15BrO4/c1-7(2)11-8(3-4-10(15)16)5-9-13(12(11)14)18-6-17-9/h5,7H,3-4,6H2,1-2H3,(H,15,16). The molecule has 18 heavy (non-hydrogen) atoms. The van der Waals surface area contributed by atoms with Crippen LogP contribution in [0.2, 0.25) is 0 Å². The highest BCUT2D eigenvalue weighted by molar-refractivity contribution is 9.10. The third-order valence-corrected chi connectivity index (χ3v) is 3.70. The molecule has 5 heteroatoms. The number of aliphatic carboxylic acids is 1. The van der Waals surface area contributed by atoms with E-state index in [0.29, 0.717) is 12.2 Å². The minimum atomic E-state index is -0.793. The summed E-state index contributed by atoms with van der Waals surface area (Å²) in [6.45, 7) is 4.37. The fourth-order valence-electron chi connectivity index (χ4n) is 2.14. The lowest BCUT2D eigenvalue weighted by atomic mass is 9.93. The van der Waals surface area contributed by atoms with Crippen molar-refractivity contribution in [1.29, 1.82) is 0 Å². The highest BCUT2D eigenvalue weighted by Gasteiger charge is 2.24. The van der Waals surface area contributed by atoms with Crippen molar-refractivity contribution in [3.63, 3.8) is 0 Å². The maximum absolute atomic E-state index is 10.7. The van der Waals surface area contributed by atoms with Crippen LogP contribution in [0.1, 0.15) is 37.3 Å². The number of hydrogen-bond acceptors (Lipinski definition) is 3. The molecule has 0 saturated carbocycles. The van der Waals surface area contributed by atoms with E-state index in [9.17, 15) is 4.79 Å². The van der Waals surface area contributed by atoms with Crippen molar-refractivity contribution in [2.75, 3.05) is 6.79 Å². The smallest absolute Gasteiger partial charge is 0.303 e. The van der Waals surface area contributed by atoms with Crippen LogP contribution in [-0.2, 0) is 11.2 Å². The Kier molecular flexibility index (Phi) is 3.80. The SMILES string of the molecule is CC(C)c1c(CCC(=O)O)cc2c(c1Br)OCO2. The summed E-state index contributed by atoms with van der Waals surface area (Å²) in [6, 6.07) is 1.89. The fraction of sp³-hybridized carbons (Fsp3) is 0.462. The molecule has 2 rings (SSSR count). The van der Waals surface area contributed by atoms with Crippen molar-refractivity contribution in [1.82, 2.24) is 0 Å². The Morgan fingerprint density at radius 1 is 1.50 bits per heavy atom. The van der Waals surface area contributed by atoms with Crippen molar-refractivity contribution in [2.45, 2.75) is 32.6 Å². The van der Waals surface area contributed by atoms with Gasteiger partial charge in [-0.15, -0.1) is 0 Å². The van der Waals surface area contributed by atoms with Crippen LogP contribution in [0, 0.1) is 0 Å². The lowest BCUT2D eigenvalue weighted by molar-refractivity contribution is -0.136. The number of hydrogen-bond donors (Lipinski definition) is 1. The third-order valence-electron chi connectivity index (χ3n) is 2.91. The van der Waals surface area contributed by atoms with E-state index in [1.165, 1.54) is 0 Å². The highest BCUT2D eigenvalue weighted by Crippen LogP contribution is 2.45. The van der Waals surface area contributed by atoms with Gasteiger partial charge in [-0.25, -0.2) is 0 Å². The van der Waals surface area contributed by atoms with Gasteiger partial charge in [-0.2, -0.15) is 0 Å². The van der Waals surface area contributed by atoms with E-state index in [1.54, 1.807) is 0 Å². The Bertz CT molecular complexity index is 482. The van der Waals surface area contributed by atoms with E-state index >= 15 is 0 Å². The van der Waals surface area contributed by atoms with E-state index < -0.39 is 5.97 Å². The number of fused-ring (bicyclic) bond motifs is 1. The van der Waals surface area contributed by atoms with Crippen molar-refractivity contribution in [3.8, 4) is 11.5 Å². The normalized spacial score (nSPS) is 13.1. The lowest BCUT2D eigenvalue weighted by Gasteiger charge is -2.16. The molecule has 1 aromatic carbocycles. The van der Waals surface area contributed by atoms with Gasteiger partial charge < -0.3 is 14.6 Å². The number of benzene rings is 1. The number of carbonyl (C=O) groups is 1. The monoisotopic (exact) mass is 314 g/mol. The first-order chi connectivity index (χ1) is 8.50. The van der Waals surface area contributed by atoms with Crippen molar-refractivity contribution >= 4 is 21.9 Å². The van der Waals surface area contributed by atoms with Crippen LogP contribution < -0.4 is 9.47 Å². The van der Waals surface area contributed by atoms with E-state index in [-0.39, 0.29) is 19.1 Å². The van der Waals surface area contributed by atoms with Crippen LogP contribution in [0.25, 0.3) is 0 Å². The van der Waals surface area contributed by atoms with E-state index in [4.69, 9.17) is 14.6 Å². The average molecular weight is 315 g/mol. The van der Waals surface area contributed by atoms with E-state index in [0.717, 1.165) is 21.3 Å². The molecular weight excluding hydrogens is 300 g/mol. The van der Waals surface area contributed by atoms with Gasteiger partial charge in [-0.05, 0) is 45.5 Å². The summed E-state index contributed by atoms with van der Waals surface area (Å²) in [5.74, 6) is 0.903. The highest BCUT2D eigenvalue weighted by atomic mass is 79.9. The summed E-state index contributed by atoms with van der Waals surface area (Å²) in [5, 5.41) is 8.80. The predicted octanol–water partition coefficient (Wildman–Crippen LogP) is 3.32. The molecule has 0 saturated heterocycles. The van der Waals surface area contributed by atoms with Gasteiger partial charge in [0.2, 0.25) is 6.79 Å². The molecule has 1 aromatic rings. The first-order valence-corrected chi connectivity index (χ1v) is 6.62. The molecule has 1 heterocycles. The largest absolute Gasteiger partial charge is 0.481 e. The van der Waals surface area contributed by atoms with Crippen molar-refractivity contribution in [3.05, 3.63) is 21.7 Å². The third kappa shape index (κ3) is 2.46. The summed E-state index contributed by atoms with van der Waals surface area (Å²) in [4.78, 5) is 10.7. The number of carboxylic acids is 1. The second-order valence-electron chi connectivity index (χ2n) is 4.55. The molecule has 0 fully saturated rings. The molecule has 0 bridgehead atoms. The Labute approximate surface area is 114 Å². The van der Waals surface area contributed by atoms with Gasteiger partial charge in [0.15, 0.2) is 11.5 Å². The van der Waals surface area contributed by atoms with E-state index in [1.807, 2.05) is 6.07 Å². The molecule has 0 aliphatic carbocycles. The molecule has 1 N–H and O–H groups in total. The second-order valence-corrected chi connectivity index (χ2v) is 5.34. The first-order valence-electron chi connectivity index (χ1n) is 5.83.